The third-order valence-corrected chi connectivity index (χ3v) is 2.87. The van der Waals surface area contributed by atoms with Crippen LogP contribution in [-0.2, 0) is 6.54 Å². The number of nitrogen functional groups attached to an aromatic ring is 1. The van der Waals surface area contributed by atoms with E-state index in [-0.39, 0.29) is 12.6 Å². The first-order valence-corrected chi connectivity index (χ1v) is 7.37. The van der Waals surface area contributed by atoms with Crippen LogP contribution in [0.5, 0.6) is 6.01 Å². The summed E-state index contributed by atoms with van der Waals surface area (Å²) < 4.78 is 5.37. The number of aliphatic imine (C=N–C) groups is 1. The molecular weight excluding hydrogens is 292 g/mol. The van der Waals surface area contributed by atoms with E-state index in [1.807, 2.05) is 25.1 Å². The van der Waals surface area contributed by atoms with Gasteiger partial charge in [-0.05, 0) is 26.3 Å². The minimum Gasteiger partial charge on any atom is -0.460 e. The summed E-state index contributed by atoms with van der Waals surface area (Å²) in [6.07, 6.45) is 1.79. The fourth-order valence-electron chi connectivity index (χ4n) is 1.88. The number of ether oxygens (including phenoxy) is 1. The van der Waals surface area contributed by atoms with E-state index in [4.69, 9.17) is 10.5 Å². The van der Waals surface area contributed by atoms with Gasteiger partial charge in [0.15, 0.2) is 0 Å². The second kappa shape index (κ2) is 7.19. The minimum absolute atomic E-state index is 0.0858. The van der Waals surface area contributed by atoms with Gasteiger partial charge in [-0.1, -0.05) is 29.8 Å². The van der Waals surface area contributed by atoms with Crippen molar-refractivity contribution in [1.29, 1.82) is 0 Å². The van der Waals surface area contributed by atoms with E-state index in [0.29, 0.717) is 18.1 Å². The van der Waals surface area contributed by atoms with E-state index in [0.717, 1.165) is 5.56 Å². The van der Waals surface area contributed by atoms with Crippen LogP contribution in [0.4, 0.5) is 5.82 Å². The van der Waals surface area contributed by atoms with Gasteiger partial charge in [-0.2, -0.15) is 9.97 Å². The summed E-state index contributed by atoms with van der Waals surface area (Å²) in [5.41, 5.74) is 7.67. The Balaban J connectivity index is 2.03. The van der Waals surface area contributed by atoms with Crippen LogP contribution in [0.25, 0.3) is 0 Å². The highest BCUT2D eigenvalue weighted by Gasteiger charge is 2.14. The molecule has 0 unspecified atom stereocenters. The van der Waals surface area contributed by atoms with Crippen LogP contribution < -0.4 is 10.5 Å². The van der Waals surface area contributed by atoms with E-state index in [9.17, 15) is 5.11 Å². The summed E-state index contributed by atoms with van der Waals surface area (Å²) in [4.78, 5) is 12.6. The zero-order valence-electron chi connectivity index (χ0n) is 13.7. The normalized spacial score (nSPS) is 11.8. The van der Waals surface area contributed by atoms with Crippen LogP contribution in [0.1, 0.15) is 30.7 Å². The lowest BCUT2D eigenvalue weighted by molar-refractivity contribution is 0.0250. The predicted molar refractivity (Wildman–Crippen MR) is 90.7 cm³/mol. The van der Waals surface area contributed by atoms with Gasteiger partial charge >= 0.3 is 6.01 Å². The first kappa shape index (κ1) is 16.9. The molecule has 0 spiro atoms. The Morgan fingerprint density at radius 1 is 1.30 bits per heavy atom. The molecule has 3 N–H and O–H groups in total. The molecule has 0 aliphatic carbocycles. The van der Waals surface area contributed by atoms with Crippen LogP contribution in [0.2, 0.25) is 0 Å². The lowest BCUT2D eigenvalue weighted by Crippen LogP contribution is -2.28. The maximum Gasteiger partial charge on any atom is 0.318 e. The fourth-order valence-corrected chi connectivity index (χ4v) is 1.88. The summed E-state index contributed by atoms with van der Waals surface area (Å²) in [6, 6.07) is 9.87. The Morgan fingerprint density at radius 3 is 2.78 bits per heavy atom. The predicted octanol–water partition coefficient (Wildman–Crippen LogP) is 2.14. The van der Waals surface area contributed by atoms with Crippen molar-refractivity contribution in [2.24, 2.45) is 4.99 Å². The van der Waals surface area contributed by atoms with Crippen LogP contribution in [0, 0.1) is 6.92 Å². The second-order valence-electron chi connectivity index (χ2n) is 6.05. The Morgan fingerprint density at radius 2 is 2.09 bits per heavy atom. The number of hydrogen-bond donors (Lipinski definition) is 2. The summed E-state index contributed by atoms with van der Waals surface area (Å²) in [5.74, 6) is 0.312. The molecule has 23 heavy (non-hydrogen) atoms. The van der Waals surface area contributed by atoms with Gasteiger partial charge in [-0.15, -0.1) is 0 Å². The first-order chi connectivity index (χ1) is 10.8. The van der Waals surface area contributed by atoms with Crippen molar-refractivity contribution >= 4 is 12.0 Å². The van der Waals surface area contributed by atoms with E-state index >= 15 is 0 Å². The van der Waals surface area contributed by atoms with Crippen molar-refractivity contribution in [3.63, 3.8) is 0 Å². The number of aryl methyl sites for hydroxylation is 1. The first-order valence-electron chi connectivity index (χ1n) is 7.37. The number of nitrogens with zero attached hydrogens (tertiary/aromatic N) is 3. The maximum absolute atomic E-state index is 9.67. The van der Waals surface area contributed by atoms with Crippen molar-refractivity contribution in [2.75, 3.05) is 12.3 Å². The van der Waals surface area contributed by atoms with E-state index in [1.165, 1.54) is 5.56 Å². The molecule has 0 aliphatic heterocycles. The number of nitrogens with two attached hydrogens (primary N) is 1. The van der Waals surface area contributed by atoms with Crippen molar-refractivity contribution < 1.29 is 9.84 Å². The molecule has 6 nitrogen and oxygen atoms in total. The molecule has 6 heteroatoms. The highest BCUT2D eigenvalue weighted by atomic mass is 16.5. The van der Waals surface area contributed by atoms with Crippen molar-refractivity contribution in [1.82, 2.24) is 9.97 Å². The molecule has 0 saturated carbocycles. The monoisotopic (exact) mass is 314 g/mol. The number of anilines is 1. The molecule has 1 aromatic heterocycles. The van der Waals surface area contributed by atoms with Crippen molar-refractivity contribution in [3.05, 3.63) is 47.2 Å². The molecule has 1 aromatic carbocycles. The number of benzene rings is 1. The third-order valence-electron chi connectivity index (χ3n) is 2.87. The number of hydrogen-bond acceptors (Lipinski definition) is 6. The van der Waals surface area contributed by atoms with Gasteiger partial charge in [0.1, 0.15) is 12.4 Å². The Labute approximate surface area is 136 Å². The molecule has 0 fully saturated rings. The van der Waals surface area contributed by atoms with Gasteiger partial charge in [0.2, 0.25) is 0 Å². The average Bonchev–Trinajstić information content (AvgIpc) is 2.44. The van der Waals surface area contributed by atoms with Gasteiger partial charge in [0, 0.05) is 12.3 Å². The summed E-state index contributed by atoms with van der Waals surface area (Å²) in [6.45, 7) is 5.79. The standard InChI is InChI=1S/C17H22N4O2/c1-12-5-4-6-13(7-12)9-19-10-14-8-15(18)21-16(20-14)23-11-17(2,3)22/h4-9,22H,10-11H2,1-3H3,(H2,18,20,21). The molecule has 2 rings (SSSR count). The Bertz CT molecular complexity index is 693. The van der Waals surface area contributed by atoms with Gasteiger partial charge < -0.3 is 15.6 Å². The van der Waals surface area contributed by atoms with E-state index in [1.54, 1.807) is 26.1 Å². The largest absolute Gasteiger partial charge is 0.460 e. The number of aliphatic hydroxyl groups is 1. The zero-order chi connectivity index (χ0) is 16.9. The topological polar surface area (TPSA) is 93.6 Å². The fraction of sp³-hybridized carbons (Fsp3) is 0.353. The Hall–Kier alpha value is -2.47. The maximum atomic E-state index is 9.67. The van der Waals surface area contributed by atoms with Gasteiger partial charge in [-0.25, -0.2) is 0 Å². The highest BCUT2D eigenvalue weighted by Crippen LogP contribution is 2.12. The van der Waals surface area contributed by atoms with Crippen LogP contribution in [-0.4, -0.2) is 33.5 Å². The number of aromatic nitrogens is 2. The van der Waals surface area contributed by atoms with Gasteiger partial charge in [0.25, 0.3) is 0 Å². The molecule has 0 atom stereocenters. The van der Waals surface area contributed by atoms with Crippen molar-refractivity contribution in [3.8, 4) is 6.01 Å². The van der Waals surface area contributed by atoms with Gasteiger partial charge in [0.05, 0.1) is 17.8 Å². The zero-order valence-corrected chi connectivity index (χ0v) is 13.7. The van der Waals surface area contributed by atoms with Crippen molar-refractivity contribution in [2.45, 2.75) is 32.9 Å². The summed E-state index contributed by atoms with van der Waals surface area (Å²) in [5, 5.41) is 9.67. The molecule has 0 bridgehead atoms. The lowest BCUT2D eigenvalue weighted by atomic mass is 10.1. The third kappa shape index (κ3) is 6.04. The second-order valence-corrected chi connectivity index (χ2v) is 6.05. The lowest BCUT2D eigenvalue weighted by Gasteiger charge is -2.16. The highest BCUT2D eigenvalue weighted by molar-refractivity contribution is 5.79. The molecule has 0 aliphatic rings. The average molecular weight is 314 g/mol. The smallest absolute Gasteiger partial charge is 0.318 e. The SMILES string of the molecule is Cc1cccc(C=NCc2cc(N)nc(OCC(C)(C)O)n2)c1. The molecule has 122 valence electrons. The summed E-state index contributed by atoms with van der Waals surface area (Å²) >= 11 is 0. The van der Waals surface area contributed by atoms with E-state index in [2.05, 4.69) is 21.0 Å². The quantitative estimate of drug-likeness (QED) is 0.797. The van der Waals surface area contributed by atoms with E-state index < -0.39 is 5.60 Å². The van der Waals surface area contributed by atoms with Gasteiger partial charge in [-0.3, -0.25) is 4.99 Å². The molecule has 2 aromatic rings. The molecular formula is C17H22N4O2. The minimum atomic E-state index is -0.961. The molecule has 0 radical (unpaired) electrons. The Kier molecular flexibility index (Phi) is 5.28. The van der Waals surface area contributed by atoms with Crippen LogP contribution >= 0.6 is 0 Å². The van der Waals surface area contributed by atoms with Crippen LogP contribution in [0.3, 0.4) is 0 Å². The molecule has 1 heterocycles. The molecule has 0 amide bonds. The van der Waals surface area contributed by atoms with Crippen LogP contribution in [0.15, 0.2) is 35.3 Å². The summed E-state index contributed by atoms with van der Waals surface area (Å²) in [7, 11) is 0. The molecule has 0 saturated heterocycles. The number of rotatable bonds is 6.